The van der Waals surface area contributed by atoms with Crippen LogP contribution in [0.4, 0.5) is 11.4 Å². The second-order valence-electron chi connectivity index (χ2n) is 15.1. The molecule has 0 saturated carbocycles. The molecule has 7 heteroatoms. The molecule has 1 N–H and O–H groups in total. The van der Waals surface area contributed by atoms with E-state index in [0.717, 1.165) is 25.1 Å². The number of rotatable bonds is 14. The Balaban J connectivity index is 1.26. The van der Waals surface area contributed by atoms with Gasteiger partial charge < -0.3 is 9.69 Å². The van der Waals surface area contributed by atoms with Gasteiger partial charge in [0.15, 0.2) is 5.71 Å². The first kappa shape index (κ1) is 37.2. The number of carbonyl (C=O) groups excluding carboxylic acids is 1. The van der Waals surface area contributed by atoms with Crippen LogP contribution in [0.25, 0.3) is 21.5 Å². The molecule has 52 heavy (non-hydrogen) atoms. The standard InChI is InChI=1S/C45H50N2O4S/c1-33(48)19-15-16-30-46-40(44(2,3)38-28-26-34-20-11-13-22-36(34)42(38)46)24-9-7-6-8-10-25-41-45(4,5)39-29-27-35-21-12-14-23-37(35)43(39)47(41)31-17-18-32-52(49,50)51/h6-14,20-29H,15-19,30-32H2,1-5H3/p+1. The van der Waals surface area contributed by atoms with Gasteiger partial charge in [-0.2, -0.15) is 13.0 Å². The van der Waals surface area contributed by atoms with Gasteiger partial charge in [0.1, 0.15) is 12.3 Å². The first-order valence-electron chi connectivity index (χ1n) is 18.4. The van der Waals surface area contributed by atoms with E-state index < -0.39 is 10.1 Å². The molecule has 0 bridgehead atoms. The van der Waals surface area contributed by atoms with E-state index in [1.807, 2.05) is 6.07 Å². The van der Waals surface area contributed by atoms with Gasteiger partial charge >= 0.3 is 0 Å². The molecule has 270 valence electrons. The van der Waals surface area contributed by atoms with Crippen molar-refractivity contribution in [1.29, 1.82) is 0 Å². The smallest absolute Gasteiger partial charge is 0.264 e. The average molecular weight is 716 g/mol. The van der Waals surface area contributed by atoms with Crippen LogP contribution >= 0.6 is 0 Å². The van der Waals surface area contributed by atoms with Crippen LogP contribution < -0.4 is 4.90 Å². The van der Waals surface area contributed by atoms with Gasteiger partial charge in [0.05, 0.1) is 22.2 Å². The molecule has 0 atom stereocenters. The van der Waals surface area contributed by atoms with E-state index in [1.54, 1.807) is 6.92 Å². The number of fused-ring (bicyclic) bond motifs is 6. The number of Topliss-reactive ketones (excluding diaryl/α,β-unsaturated/α-hetero) is 1. The van der Waals surface area contributed by atoms with Crippen LogP contribution in [0.5, 0.6) is 0 Å². The highest BCUT2D eigenvalue weighted by molar-refractivity contribution is 7.85. The fraction of sp³-hybridized carbons (Fsp3) is 0.333. The summed E-state index contributed by atoms with van der Waals surface area (Å²) in [6, 6.07) is 25.9. The van der Waals surface area contributed by atoms with E-state index in [0.29, 0.717) is 25.8 Å². The highest BCUT2D eigenvalue weighted by atomic mass is 32.2. The quantitative estimate of drug-likeness (QED) is 0.0609. The van der Waals surface area contributed by atoms with Crippen LogP contribution in [-0.4, -0.2) is 47.9 Å². The highest BCUT2D eigenvalue weighted by Gasteiger charge is 2.45. The topological polar surface area (TPSA) is 77.7 Å². The van der Waals surface area contributed by atoms with E-state index in [1.165, 1.54) is 49.7 Å². The maximum atomic E-state index is 11.7. The van der Waals surface area contributed by atoms with Crippen LogP contribution in [0, 0.1) is 0 Å². The Kier molecular flexibility index (Phi) is 10.8. The zero-order valence-corrected chi connectivity index (χ0v) is 31.9. The zero-order valence-electron chi connectivity index (χ0n) is 31.1. The Bertz CT molecular complexity index is 2270. The molecule has 0 unspecified atom stereocenters. The maximum absolute atomic E-state index is 11.7. The molecule has 0 radical (unpaired) electrons. The number of hydrogen-bond donors (Lipinski definition) is 1. The van der Waals surface area contributed by atoms with Crippen molar-refractivity contribution < 1.29 is 22.3 Å². The Morgan fingerprint density at radius 1 is 0.750 bits per heavy atom. The highest BCUT2D eigenvalue weighted by Crippen LogP contribution is 2.51. The molecule has 0 spiro atoms. The Hall–Kier alpha value is -4.59. The maximum Gasteiger partial charge on any atom is 0.264 e. The summed E-state index contributed by atoms with van der Waals surface area (Å²) in [6.07, 6.45) is 18.2. The minimum atomic E-state index is -4.00. The summed E-state index contributed by atoms with van der Waals surface area (Å²) in [5.41, 5.74) is 6.98. The van der Waals surface area contributed by atoms with E-state index in [-0.39, 0.29) is 22.4 Å². The molecular formula is C45H51N2O4S+. The molecule has 0 amide bonds. The first-order valence-corrected chi connectivity index (χ1v) is 20.1. The Labute approximate surface area is 309 Å². The summed E-state index contributed by atoms with van der Waals surface area (Å²) in [5, 5.41) is 4.83. The summed E-state index contributed by atoms with van der Waals surface area (Å²) in [5.74, 6) is 0.00371. The molecule has 4 aromatic rings. The number of carbonyl (C=O) groups is 1. The second kappa shape index (κ2) is 15.2. The zero-order chi connectivity index (χ0) is 37.1. The molecule has 2 aliphatic rings. The molecule has 6 rings (SSSR count). The van der Waals surface area contributed by atoms with Crippen LogP contribution in [0.15, 0.2) is 121 Å². The third-order valence-corrected chi connectivity index (χ3v) is 11.5. The molecule has 0 aromatic heterocycles. The molecule has 2 aliphatic heterocycles. The van der Waals surface area contributed by atoms with Crippen molar-refractivity contribution in [3.8, 4) is 0 Å². The molecule has 6 nitrogen and oxygen atoms in total. The lowest BCUT2D eigenvalue weighted by Crippen LogP contribution is -2.28. The third kappa shape index (κ3) is 7.62. The minimum absolute atomic E-state index is 0.178. The van der Waals surface area contributed by atoms with Gasteiger partial charge in [0, 0.05) is 47.5 Å². The third-order valence-electron chi connectivity index (χ3n) is 10.7. The van der Waals surface area contributed by atoms with Crippen molar-refractivity contribution in [1.82, 2.24) is 0 Å². The SMILES string of the molecule is CC(=O)CCCCN1/C(=C/C=C/C=C/C=C/C2=[N+](CCCCS(=O)(=O)O)c3c(ccc4ccccc34)C2(C)C)C(C)(C)c2ccc3ccccc3c21. The largest absolute Gasteiger partial charge is 0.343 e. The fourth-order valence-corrected chi connectivity index (χ4v) is 8.61. The van der Waals surface area contributed by atoms with Crippen molar-refractivity contribution in [2.24, 2.45) is 0 Å². The van der Waals surface area contributed by atoms with Crippen molar-refractivity contribution in [3.63, 3.8) is 0 Å². The monoisotopic (exact) mass is 715 g/mol. The summed E-state index contributed by atoms with van der Waals surface area (Å²) in [7, 11) is -4.00. The molecule has 0 aliphatic carbocycles. The van der Waals surface area contributed by atoms with Gasteiger partial charge in [-0.1, -0.05) is 111 Å². The lowest BCUT2D eigenvalue weighted by atomic mass is 9.80. The van der Waals surface area contributed by atoms with Crippen LogP contribution in [0.2, 0.25) is 0 Å². The summed E-state index contributed by atoms with van der Waals surface area (Å²) >= 11 is 0. The lowest BCUT2D eigenvalue weighted by Gasteiger charge is -2.27. The van der Waals surface area contributed by atoms with Crippen molar-refractivity contribution in [3.05, 3.63) is 132 Å². The van der Waals surface area contributed by atoms with Crippen LogP contribution in [0.3, 0.4) is 0 Å². The van der Waals surface area contributed by atoms with Crippen LogP contribution in [-0.2, 0) is 25.7 Å². The summed E-state index contributed by atoms with van der Waals surface area (Å²) in [4.78, 5) is 14.1. The molecule has 0 saturated heterocycles. The molecule has 0 fully saturated rings. The first-order chi connectivity index (χ1) is 24.8. The molecule has 4 aromatic carbocycles. The number of hydrogen-bond acceptors (Lipinski definition) is 4. The van der Waals surface area contributed by atoms with E-state index in [4.69, 9.17) is 0 Å². The molecule has 2 heterocycles. The van der Waals surface area contributed by atoms with Gasteiger partial charge in [-0.05, 0) is 68.5 Å². The second-order valence-corrected chi connectivity index (χ2v) is 16.7. The lowest BCUT2D eigenvalue weighted by molar-refractivity contribution is -0.436. The van der Waals surface area contributed by atoms with Crippen LogP contribution in [0.1, 0.15) is 77.8 Å². The van der Waals surface area contributed by atoms with Crippen molar-refractivity contribution >= 4 is 54.5 Å². The predicted octanol–water partition coefficient (Wildman–Crippen LogP) is 10.1. The van der Waals surface area contributed by atoms with E-state index in [2.05, 4.69) is 146 Å². The number of benzene rings is 4. The number of unbranched alkanes of at least 4 members (excludes halogenated alkanes) is 2. The number of ketones is 1. The van der Waals surface area contributed by atoms with Gasteiger partial charge in [-0.25, -0.2) is 0 Å². The normalized spacial score (nSPS) is 17.5. The predicted molar refractivity (Wildman–Crippen MR) is 217 cm³/mol. The van der Waals surface area contributed by atoms with Gasteiger partial charge in [-0.3, -0.25) is 4.55 Å². The summed E-state index contributed by atoms with van der Waals surface area (Å²) < 4.78 is 34.5. The number of nitrogens with zero attached hydrogens (tertiary/aromatic N) is 2. The Morgan fingerprint density at radius 3 is 2.10 bits per heavy atom. The van der Waals surface area contributed by atoms with E-state index >= 15 is 0 Å². The number of anilines is 1. The summed E-state index contributed by atoms with van der Waals surface area (Å²) in [6.45, 7) is 12.2. The van der Waals surface area contributed by atoms with Crippen molar-refractivity contribution in [2.75, 3.05) is 23.7 Å². The fourth-order valence-electron chi connectivity index (χ4n) is 8.04. The number of allylic oxidation sites excluding steroid dienone is 8. The Morgan fingerprint density at radius 2 is 1.38 bits per heavy atom. The van der Waals surface area contributed by atoms with Crippen molar-refractivity contribution in [2.45, 2.75) is 77.6 Å². The minimum Gasteiger partial charge on any atom is -0.343 e. The van der Waals surface area contributed by atoms with Gasteiger partial charge in [0.25, 0.3) is 10.1 Å². The van der Waals surface area contributed by atoms with E-state index in [9.17, 15) is 17.8 Å². The molecular weight excluding hydrogens is 665 g/mol. The van der Waals surface area contributed by atoms with Gasteiger partial charge in [0.2, 0.25) is 5.69 Å². The van der Waals surface area contributed by atoms with Gasteiger partial charge in [-0.15, -0.1) is 0 Å². The average Bonchev–Trinajstić information content (AvgIpc) is 3.46.